The number of aliphatic hydroxyl groups excluding tert-OH is 1. The number of unbranched alkanes of at least 4 members (excludes halogenated alkanes) is 1. The Balaban J connectivity index is 2.52. The number of nitrogens with one attached hydrogen (secondary N) is 1. The molecule has 1 rings (SSSR count). The Hall–Kier alpha value is -1.35. The van der Waals surface area contributed by atoms with Crippen LogP contribution < -0.4 is 4.72 Å². The van der Waals surface area contributed by atoms with Gasteiger partial charge in [-0.1, -0.05) is 37.3 Å². The van der Waals surface area contributed by atoms with Crippen LogP contribution in [0.5, 0.6) is 0 Å². The molecule has 0 spiro atoms. The van der Waals surface area contributed by atoms with Gasteiger partial charge in [-0.2, -0.15) is 0 Å². The van der Waals surface area contributed by atoms with Gasteiger partial charge in [-0.25, -0.2) is 13.1 Å². The smallest absolute Gasteiger partial charge is 0.211 e. The molecule has 5 heteroatoms. The van der Waals surface area contributed by atoms with Crippen molar-refractivity contribution >= 4 is 10.0 Å². The van der Waals surface area contributed by atoms with Crippen molar-refractivity contribution < 1.29 is 13.5 Å². The van der Waals surface area contributed by atoms with E-state index >= 15 is 0 Å². The predicted molar refractivity (Wildman–Crippen MR) is 80.6 cm³/mol. The van der Waals surface area contributed by atoms with Crippen molar-refractivity contribution in [3.8, 4) is 11.8 Å². The van der Waals surface area contributed by atoms with Gasteiger partial charge in [0.15, 0.2) is 0 Å². The van der Waals surface area contributed by atoms with Crippen LogP contribution in [0.25, 0.3) is 0 Å². The zero-order valence-corrected chi connectivity index (χ0v) is 12.5. The molecule has 0 bridgehead atoms. The van der Waals surface area contributed by atoms with Crippen LogP contribution in [0, 0.1) is 11.8 Å². The minimum Gasteiger partial charge on any atom is -0.395 e. The van der Waals surface area contributed by atoms with E-state index in [1.807, 2.05) is 31.2 Å². The third-order valence-corrected chi connectivity index (χ3v) is 4.10. The first-order valence-electron chi connectivity index (χ1n) is 6.73. The van der Waals surface area contributed by atoms with E-state index in [4.69, 9.17) is 5.11 Å². The van der Waals surface area contributed by atoms with Crippen LogP contribution in [-0.2, 0) is 16.6 Å². The SMILES string of the molecule is CCCCS(=O)(=O)NCc1ccc(C#CCCO)cc1. The molecule has 0 atom stereocenters. The summed E-state index contributed by atoms with van der Waals surface area (Å²) in [6, 6.07) is 7.40. The lowest BCUT2D eigenvalue weighted by Crippen LogP contribution is -2.25. The standard InChI is InChI=1S/C15H21NO3S/c1-2-3-12-20(18,19)16-13-15-9-7-14(8-10-15)6-4-5-11-17/h7-10,16-17H,2-3,5,11-13H2,1H3. The fraction of sp³-hybridized carbons (Fsp3) is 0.467. The average molecular weight is 295 g/mol. The van der Waals surface area contributed by atoms with Gasteiger partial charge in [0, 0.05) is 18.5 Å². The van der Waals surface area contributed by atoms with E-state index in [2.05, 4.69) is 16.6 Å². The zero-order chi connectivity index (χ0) is 14.8. The Labute approximate surface area is 121 Å². The summed E-state index contributed by atoms with van der Waals surface area (Å²) in [4.78, 5) is 0. The quantitative estimate of drug-likeness (QED) is 0.752. The lowest BCUT2D eigenvalue weighted by Gasteiger charge is -2.06. The third-order valence-electron chi connectivity index (χ3n) is 2.69. The van der Waals surface area contributed by atoms with Crippen LogP contribution in [0.2, 0.25) is 0 Å². The molecule has 1 aromatic rings. The number of benzene rings is 1. The highest BCUT2D eigenvalue weighted by Crippen LogP contribution is 2.04. The van der Waals surface area contributed by atoms with Crippen molar-refractivity contribution in [3.63, 3.8) is 0 Å². The average Bonchev–Trinajstić information content (AvgIpc) is 2.45. The van der Waals surface area contributed by atoms with Gasteiger partial charge in [0.25, 0.3) is 0 Å². The Kier molecular flexibility index (Phi) is 7.31. The summed E-state index contributed by atoms with van der Waals surface area (Å²) in [6.07, 6.45) is 2.00. The van der Waals surface area contributed by atoms with Gasteiger partial charge in [0.1, 0.15) is 0 Å². The molecule has 0 aliphatic carbocycles. The lowest BCUT2D eigenvalue weighted by atomic mass is 10.1. The Bertz CT molecular complexity index is 553. The van der Waals surface area contributed by atoms with Crippen molar-refractivity contribution in [1.82, 2.24) is 4.72 Å². The predicted octanol–water partition coefficient (Wildman–Crippen LogP) is 1.64. The molecule has 2 N–H and O–H groups in total. The minimum absolute atomic E-state index is 0.0601. The first-order valence-corrected chi connectivity index (χ1v) is 8.38. The second kappa shape index (κ2) is 8.75. The molecule has 110 valence electrons. The Morgan fingerprint density at radius 3 is 2.55 bits per heavy atom. The second-order valence-electron chi connectivity index (χ2n) is 4.47. The van der Waals surface area contributed by atoms with Gasteiger partial charge in [0.2, 0.25) is 10.0 Å². The van der Waals surface area contributed by atoms with E-state index in [1.165, 1.54) is 0 Å². The second-order valence-corrected chi connectivity index (χ2v) is 6.39. The van der Waals surface area contributed by atoms with E-state index in [0.29, 0.717) is 19.4 Å². The van der Waals surface area contributed by atoms with Gasteiger partial charge >= 0.3 is 0 Å². The van der Waals surface area contributed by atoms with E-state index in [9.17, 15) is 8.42 Å². The molecule has 0 saturated carbocycles. The first kappa shape index (κ1) is 16.7. The summed E-state index contributed by atoms with van der Waals surface area (Å²) in [6.45, 7) is 2.33. The molecule has 0 heterocycles. The van der Waals surface area contributed by atoms with Gasteiger partial charge in [0.05, 0.1) is 12.4 Å². The molecule has 0 aliphatic heterocycles. The summed E-state index contributed by atoms with van der Waals surface area (Å²) in [5.74, 6) is 5.94. The molecule has 1 aromatic carbocycles. The lowest BCUT2D eigenvalue weighted by molar-refractivity contribution is 0.305. The number of sulfonamides is 1. The maximum atomic E-state index is 11.6. The summed E-state index contributed by atoms with van der Waals surface area (Å²) in [7, 11) is -3.18. The topological polar surface area (TPSA) is 66.4 Å². The number of hydrogen-bond acceptors (Lipinski definition) is 3. The van der Waals surface area contributed by atoms with E-state index in [0.717, 1.165) is 17.5 Å². The van der Waals surface area contributed by atoms with Crippen LogP contribution in [0.15, 0.2) is 24.3 Å². The summed E-state index contributed by atoms with van der Waals surface area (Å²) in [5.41, 5.74) is 1.76. The molecule has 0 aromatic heterocycles. The third kappa shape index (κ3) is 6.71. The van der Waals surface area contributed by atoms with Gasteiger partial charge in [-0.05, 0) is 24.1 Å². The molecule has 20 heavy (non-hydrogen) atoms. The Morgan fingerprint density at radius 2 is 1.95 bits per heavy atom. The van der Waals surface area contributed by atoms with Gasteiger partial charge in [-0.3, -0.25) is 0 Å². The summed E-state index contributed by atoms with van der Waals surface area (Å²) in [5, 5.41) is 8.63. The summed E-state index contributed by atoms with van der Waals surface area (Å²) < 4.78 is 25.9. The van der Waals surface area contributed by atoms with E-state index in [1.54, 1.807) is 0 Å². The number of aliphatic hydroxyl groups is 1. The maximum absolute atomic E-state index is 11.6. The highest BCUT2D eigenvalue weighted by molar-refractivity contribution is 7.89. The normalized spacial score (nSPS) is 10.9. The largest absolute Gasteiger partial charge is 0.395 e. The van der Waals surface area contributed by atoms with Crippen molar-refractivity contribution in [2.45, 2.75) is 32.7 Å². The minimum atomic E-state index is -3.18. The van der Waals surface area contributed by atoms with Crippen molar-refractivity contribution in [1.29, 1.82) is 0 Å². The van der Waals surface area contributed by atoms with Crippen molar-refractivity contribution in [2.75, 3.05) is 12.4 Å². The fourth-order valence-electron chi connectivity index (χ4n) is 1.53. The molecule has 0 aliphatic rings. The van der Waals surface area contributed by atoms with Crippen LogP contribution >= 0.6 is 0 Å². The number of hydrogen-bond donors (Lipinski definition) is 2. The molecule has 0 radical (unpaired) electrons. The first-order chi connectivity index (χ1) is 9.57. The number of rotatable bonds is 7. The van der Waals surface area contributed by atoms with Crippen LogP contribution in [0.3, 0.4) is 0 Å². The summed E-state index contributed by atoms with van der Waals surface area (Å²) >= 11 is 0. The van der Waals surface area contributed by atoms with E-state index < -0.39 is 10.0 Å². The fourth-order valence-corrected chi connectivity index (χ4v) is 2.73. The molecule has 0 unspecified atom stereocenters. The maximum Gasteiger partial charge on any atom is 0.211 e. The van der Waals surface area contributed by atoms with Crippen LogP contribution in [-0.4, -0.2) is 25.9 Å². The van der Waals surface area contributed by atoms with E-state index in [-0.39, 0.29) is 12.4 Å². The monoisotopic (exact) mass is 295 g/mol. The van der Waals surface area contributed by atoms with Crippen molar-refractivity contribution in [2.24, 2.45) is 0 Å². The van der Waals surface area contributed by atoms with Crippen LogP contribution in [0.1, 0.15) is 37.3 Å². The van der Waals surface area contributed by atoms with Gasteiger partial charge in [-0.15, -0.1) is 0 Å². The molecule has 4 nitrogen and oxygen atoms in total. The van der Waals surface area contributed by atoms with Crippen molar-refractivity contribution in [3.05, 3.63) is 35.4 Å². The van der Waals surface area contributed by atoms with Gasteiger partial charge < -0.3 is 5.11 Å². The molecule has 0 amide bonds. The Morgan fingerprint density at radius 1 is 1.25 bits per heavy atom. The molecular weight excluding hydrogens is 274 g/mol. The van der Waals surface area contributed by atoms with Crippen LogP contribution in [0.4, 0.5) is 0 Å². The molecular formula is C15H21NO3S. The molecule has 0 fully saturated rings. The zero-order valence-electron chi connectivity index (χ0n) is 11.7. The highest BCUT2D eigenvalue weighted by Gasteiger charge is 2.08. The highest BCUT2D eigenvalue weighted by atomic mass is 32.2. The molecule has 0 saturated heterocycles.